The maximum absolute atomic E-state index is 12.6. The molecule has 3 aliphatic heterocycles. The third-order valence-corrected chi connectivity index (χ3v) is 6.27. The van der Waals surface area contributed by atoms with E-state index in [4.69, 9.17) is 0 Å². The summed E-state index contributed by atoms with van der Waals surface area (Å²) in [6.45, 7) is 0.555. The lowest BCUT2D eigenvalue weighted by molar-refractivity contribution is -0.142. The molecule has 4 amide bonds. The average molecular weight is 347 g/mol. The largest absolute Gasteiger partial charge is 0.333 e. The lowest BCUT2D eigenvalue weighted by Gasteiger charge is -2.41. The van der Waals surface area contributed by atoms with E-state index >= 15 is 0 Å². The first-order chi connectivity index (χ1) is 11.6. The summed E-state index contributed by atoms with van der Waals surface area (Å²) < 4.78 is 0. The fraction of sp³-hybridized carbons (Fsp3) is 0.588. The molecule has 24 heavy (non-hydrogen) atoms. The van der Waals surface area contributed by atoms with Crippen LogP contribution in [0.5, 0.6) is 0 Å². The van der Waals surface area contributed by atoms with Gasteiger partial charge in [0.1, 0.15) is 0 Å². The van der Waals surface area contributed by atoms with Crippen LogP contribution >= 0.6 is 11.3 Å². The predicted octanol–water partition coefficient (Wildman–Crippen LogP) is 2.10. The van der Waals surface area contributed by atoms with Gasteiger partial charge >= 0.3 is 6.03 Å². The Balaban J connectivity index is 1.40. The summed E-state index contributed by atoms with van der Waals surface area (Å²) in [5.41, 5.74) is 0. The minimum atomic E-state index is -0.0417. The van der Waals surface area contributed by atoms with Crippen LogP contribution in [0, 0.1) is 0 Å². The molecule has 6 nitrogen and oxygen atoms in total. The molecule has 3 saturated heterocycles. The number of carbonyl (C=O) groups excluding carboxylic acids is 3. The summed E-state index contributed by atoms with van der Waals surface area (Å²) in [5, 5.41) is 5.01. The van der Waals surface area contributed by atoms with Crippen molar-refractivity contribution in [3.05, 3.63) is 22.4 Å². The summed E-state index contributed by atoms with van der Waals surface area (Å²) in [5.74, 6) is -0.0833. The molecule has 7 heteroatoms. The monoisotopic (exact) mass is 347 g/mol. The van der Waals surface area contributed by atoms with Crippen LogP contribution in [0.25, 0.3) is 0 Å². The molecule has 0 aromatic carbocycles. The summed E-state index contributed by atoms with van der Waals surface area (Å²) in [4.78, 5) is 41.1. The second-order valence-corrected chi connectivity index (χ2v) is 7.85. The molecule has 2 unspecified atom stereocenters. The molecule has 1 N–H and O–H groups in total. The zero-order valence-electron chi connectivity index (χ0n) is 13.4. The highest BCUT2D eigenvalue weighted by Gasteiger charge is 2.47. The molecule has 4 rings (SSSR count). The van der Waals surface area contributed by atoms with Crippen LogP contribution in [0.2, 0.25) is 0 Å². The molecule has 0 spiro atoms. The average Bonchev–Trinajstić information content (AvgIpc) is 3.25. The number of piperidine rings is 1. The fourth-order valence-corrected chi connectivity index (χ4v) is 5.00. The van der Waals surface area contributed by atoms with E-state index in [1.165, 1.54) is 4.90 Å². The van der Waals surface area contributed by atoms with Gasteiger partial charge in [-0.15, -0.1) is 11.3 Å². The maximum atomic E-state index is 12.6. The first kappa shape index (κ1) is 15.6. The Hall–Kier alpha value is -1.89. The lowest BCUT2D eigenvalue weighted by atomic mass is 9.96. The number of hydrogen-bond donors (Lipinski definition) is 1. The van der Waals surface area contributed by atoms with Crippen LogP contribution in [-0.2, 0) is 16.1 Å². The number of fused-ring (bicyclic) bond motifs is 2. The standard InChI is InChI=1S/C17H21N3O3S/c21-15-5-6-16(22)20(15)13-8-11-3-4-12(9-13)19(11)17(23)18-10-14-2-1-7-24-14/h1-2,7,11-13H,3-6,8-10H2,(H,18,23). The van der Waals surface area contributed by atoms with Crippen molar-refractivity contribution in [1.82, 2.24) is 15.1 Å². The van der Waals surface area contributed by atoms with E-state index in [1.807, 2.05) is 22.4 Å². The van der Waals surface area contributed by atoms with E-state index in [0.717, 1.165) is 30.6 Å². The van der Waals surface area contributed by atoms with Crippen LogP contribution in [0.1, 0.15) is 43.4 Å². The Morgan fingerprint density at radius 2 is 1.79 bits per heavy atom. The second kappa shape index (κ2) is 6.20. The molecule has 3 fully saturated rings. The number of thiophene rings is 1. The van der Waals surface area contributed by atoms with E-state index < -0.39 is 0 Å². The summed E-state index contributed by atoms with van der Waals surface area (Å²) in [7, 11) is 0. The number of nitrogens with zero attached hydrogens (tertiary/aromatic N) is 2. The van der Waals surface area contributed by atoms with Crippen molar-refractivity contribution in [3.63, 3.8) is 0 Å². The molecule has 128 valence electrons. The van der Waals surface area contributed by atoms with Crippen molar-refractivity contribution in [2.24, 2.45) is 0 Å². The second-order valence-electron chi connectivity index (χ2n) is 6.81. The van der Waals surface area contributed by atoms with Crippen LogP contribution in [-0.4, -0.2) is 45.8 Å². The van der Waals surface area contributed by atoms with Gasteiger partial charge in [0.15, 0.2) is 0 Å². The van der Waals surface area contributed by atoms with E-state index in [9.17, 15) is 14.4 Å². The first-order valence-electron chi connectivity index (χ1n) is 8.57. The number of imide groups is 1. The van der Waals surface area contributed by atoms with Crippen LogP contribution in [0.3, 0.4) is 0 Å². The Morgan fingerprint density at radius 3 is 2.38 bits per heavy atom. The number of carbonyl (C=O) groups is 3. The smallest absolute Gasteiger partial charge is 0.318 e. The summed E-state index contributed by atoms with van der Waals surface area (Å²) in [6.07, 6.45) is 4.06. The SMILES string of the molecule is O=C1CCC(=O)N1C1CC2CCC(C1)N2C(=O)NCc1cccs1. The summed E-state index contributed by atoms with van der Waals surface area (Å²) >= 11 is 1.63. The van der Waals surface area contributed by atoms with Crippen molar-refractivity contribution in [1.29, 1.82) is 0 Å². The molecule has 3 aliphatic rings. The van der Waals surface area contributed by atoms with Gasteiger partial charge in [-0.05, 0) is 37.1 Å². The number of rotatable bonds is 3. The summed E-state index contributed by atoms with van der Waals surface area (Å²) in [6, 6.07) is 4.22. The van der Waals surface area contributed by atoms with Crippen molar-refractivity contribution in [2.45, 2.75) is 63.2 Å². The number of hydrogen-bond acceptors (Lipinski definition) is 4. The quantitative estimate of drug-likeness (QED) is 0.852. The van der Waals surface area contributed by atoms with Gasteiger partial charge in [0, 0.05) is 35.8 Å². The van der Waals surface area contributed by atoms with E-state index in [0.29, 0.717) is 19.4 Å². The normalized spacial score (nSPS) is 29.4. The molecule has 1 aromatic rings. The number of likely N-dealkylation sites (tertiary alicyclic amines) is 1. The van der Waals surface area contributed by atoms with E-state index in [-0.39, 0.29) is 36.0 Å². The molecule has 2 bridgehead atoms. The van der Waals surface area contributed by atoms with Gasteiger partial charge in [-0.3, -0.25) is 14.5 Å². The van der Waals surface area contributed by atoms with Crippen molar-refractivity contribution < 1.29 is 14.4 Å². The van der Waals surface area contributed by atoms with Crippen LogP contribution < -0.4 is 5.32 Å². The van der Waals surface area contributed by atoms with Gasteiger partial charge in [-0.1, -0.05) is 6.07 Å². The molecule has 0 aliphatic carbocycles. The van der Waals surface area contributed by atoms with Crippen molar-refractivity contribution in [2.75, 3.05) is 0 Å². The Bertz CT molecular complexity index is 630. The maximum Gasteiger partial charge on any atom is 0.318 e. The molecule has 4 heterocycles. The van der Waals surface area contributed by atoms with Gasteiger partial charge in [0.25, 0.3) is 0 Å². The number of nitrogens with one attached hydrogen (secondary N) is 1. The van der Waals surface area contributed by atoms with Crippen molar-refractivity contribution >= 4 is 29.2 Å². The van der Waals surface area contributed by atoms with Crippen LogP contribution in [0.15, 0.2) is 17.5 Å². The van der Waals surface area contributed by atoms with Crippen LogP contribution in [0.4, 0.5) is 4.79 Å². The van der Waals surface area contributed by atoms with Gasteiger partial charge in [0.05, 0.1) is 6.54 Å². The molecule has 0 radical (unpaired) electrons. The topological polar surface area (TPSA) is 69.7 Å². The predicted molar refractivity (Wildman–Crippen MR) is 89.3 cm³/mol. The minimum Gasteiger partial charge on any atom is -0.333 e. The molecular weight excluding hydrogens is 326 g/mol. The Morgan fingerprint density at radius 1 is 1.12 bits per heavy atom. The van der Waals surface area contributed by atoms with E-state index in [1.54, 1.807) is 11.3 Å². The highest BCUT2D eigenvalue weighted by molar-refractivity contribution is 7.09. The number of amides is 4. The third kappa shape index (κ3) is 2.70. The fourth-order valence-electron chi connectivity index (χ4n) is 4.36. The van der Waals surface area contributed by atoms with Gasteiger partial charge in [-0.25, -0.2) is 4.79 Å². The Kier molecular flexibility index (Phi) is 4.04. The Labute approximate surface area is 144 Å². The van der Waals surface area contributed by atoms with Gasteiger partial charge < -0.3 is 10.2 Å². The molecule has 1 aromatic heterocycles. The zero-order chi connectivity index (χ0) is 16.7. The third-order valence-electron chi connectivity index (χ3n) is 5.39. The lowest BCUT2D eigenvalue weighted by Crippen LogP contribution is -2.55. The highest BCUT2D eigenvalue weighted by atomic mass is 32.1. The van der Waals surface area contributed by atoms with Gasteiger partial charge in [0.2, 0.25) is 11.8 Å². The first-order valence-corrected chi connectivity index (χ1v) is 9.45. The molecule has 2 atom stereocenters. The zero-order valence-corrected chi connectivity index (χ0v) is 14.3. The highest BCUT2D eigenvalue weighted by Crippen LogP contribution is 2.38. The van der Waals surface area contributed by atoms with Gasteiger partial charge in [-0.2, -0.15) is 0 Å². The minimum absolute atomic E-state index is 0.0200. The van der Waals surface area contributed by atoms with E-state index in [2.05, 4.69) is 5.32 Å². The molecular formula is C17H21N3O3S. The number of urea groups is 1. The van der Waals surface area contributed by atoms with Crippen molar-refractivity contribution in [3.8, 4) is 0 Å². The molecule has 0 saturated carbocycles.